The fourth-order valence-electron chi connectivity index (χ4n) is 1.71. The van der Waals surface area contributed by atoms with E-state index in [4.69, 9.17) is 11.5 Å². The van der Waals surface area contributed by atoms with Gasteiger partial charge in [0.05, 0.1) is 17.6 Å². The van der Waals surface area contributed by atoms with Crippen molar-refractivity contribution in [2.24, 2.45) is 5.73 Å². The van der Waals surface area contributed by atoms with Crippen molar-refractivity contribution in [3.05, 3.63) is 24.0 Å². The number of nitrogens with zero attached hydrogens (tertiary/aromatic N) is 2. The summed E-state index contributed by atoms with van der Waals surface area (Å²) in [5.74, 6) is 0.910. The predicted octanol–water partition coefficient (Wildman–Crippen LogP) is 1.10. The minimum absolute atomic E-state index is 0.461. The third kappa shape index (κ3) is 1.24. The second-order valence-electron chi connectivity index (χ2n) is 3.22. The quantitative estimate of drug-likeness (QED) is 0.696. The third-order valence-electron chi connectivity index (χ3n) is 2.35. The first-order chi connectivity index (χ1) is 6.76. The summed E-state index contributed by atoms with van der Waals surface area (Å²) in [5, 5.41) is 0. The van der Waals surface area contributed by atoms with Crippen LogP contribution in [0.25, 0.3) is 11.0 Å². The summed E-state index contributed by atoms with van der Waals surface area (Å²) in [4.78, 5) is 4.42. The van der Waals surface area contributed by atoms with Gasteiger partial charge in [-0.2, -0.15) is 0 Å². The molecule has 0 fully saturated rings. The highest BCUT2D eigenvalue weighted by atomic mass is 15.1. The van der Waals surface area contributed by atoms with Gasteiger partial charge in [-0.1, -0.05) is 0 Å². The van der Waals surface area contributed by atoms with Crippen molar-refractivity contribution in [2.75, 3.05) is 5.73 Å². The van der Waals surface area contributed by atoms with Gasteiger partial charge in [-0.05, 0) is 25.1 Å². The Morgan fingerprint density at radius 3 is 2.86 bits per heavy atom. The molecular formula is C10H14N4. The maximum Gasteiger partial charge on any atom is 0.123 e. The summed E-state index contributed by atoms with van der Waals surface area (Å²) in [6.45, 7) is 3.42. The topological polar surface area (TPSA) is 69.9 Å². The van der Waals surface area contributed by atoms with E-state index in [2.05, 4.69) is 16.5 Å². The zero-order chi connectivity index (χ0) is 10.1. The van der Waals surface area contributed by atoms with E-state index in [0.717, 1.165) is 29.1 Å². The van der Waals surface area contributed by atoms with Crippen molar-refractivity contribution in [3.63, 3.8) is 0 Å². The Morgan fingerprint density at radius 1 is 1.43 bits per heavy atom. The van der Waals surface area contributed by atoms with Gasteiger partial charge in [-0.3, -0.25) is 0 Å². The highest BCUT2D eigenvalue weighted by Crippen LogP contribution is 2.18. The predicted molar refractivity (Wildman–Crippen MR) is 57.7 cm³/mol. The SMILES string of the molecule is CCn1c(CN)nc2cc(N)ccc21. The van der Waals surface area contributed by atoms with Crippen molar-refractivity contribution in [1.29, 1.82) is 0 Å². The van der Waals surface area contributed by atoms with Crippen LogP contribution in [0.15, 0.2) is 18.2 Å². The van der Waals surface area contributed by atoms with Gasteiger partial charge < -0.3 is 16.0 Å². The zero-order valence-electron chi connectivity index (χ0n) is 8.20. The molecule has 0 aliphatic rings. The minimum Gasteiger partial charge on any atom is -0.399 e. The summed E-state index contributed by atoms with van der Waals surface area (Å²) < 4.78 is 2.11. The molecule has 1 aromatic heterocycles. The largest absolute Gasteiger partial charge is 0.399 e. The highest BCUT2D eigenvalue weighted by Gasteiger charge is 2.07. The first-order valence-corrected chi connectivity index (χ1v) is 4.71. The number of hydrogen-bond acceptors (Lipinski definition) is 3. The summed E-state index contributed by atoms with van der Waals surface area (Å²) in [6.07, 6.45) is 0. The van der Waals surface area contributed by atoms with Crippen LogP contribution >= 0.6 is 0 Å². The van der Waals surface area contributed by atoms with Crippen LogP contribution in [0.5, 0.6) is 0 Å². The van der Waals surface area contributed by atoms with Gasteiger partial charge in [-0.25, -0.2) is 4.98 Å². The molecule has 4 nitrogen and oxygen atoms in total. The van der Waals surface area contributed by atoms with Crippen LogP contribution < -0.4 is 11.5 Å². The van der Waals surface area contributed by atoms with E-state index < -0.39 is 0 Å². The molecule has 0 bridgehead atoms. The minimum atomic E-state index is 0.461. The molecule has 0 aliphatic carbocycles. The average Bonchev–Trinajstić information content (AvgIpc) is 2.54. The van der Waals surface area contributed by atoms with Crippen LogP contribution in [0.4, 0.5) is 5.69 Å². The van der Waals surface area contributed by atoms with Crippen molar-refractivity contribution >= 4 is 16.7 Å². The molecule has 1 heterocycles. The molecule has 2 rings (SSSR count). The lowest BCUT2D eigenvalue weighted by Crippen LogP contribution is -2.06. The van der Waals surface area contributed by atoms with E-state index in [1.54, 1.807) is 0 Å². The Labute approximate surface area is 82.5 Å². The monoisotopic (exact) mass is 190 g/mol. The molecule has 0 saturated heterocycles. The molecule has 14 heavy (non-hydrogen) atoms. The van der Waals surface area contributed by atoms with E-state index in [1.807, 2.05) is 18.2 Å². The third-order valence-corrected chi connectivity index (χ3v) is 2.35. The average molecular weight is 190 g/mol. The number of benzene rings is 1. The Morgan fingerprint density at radius 2 is 2.21 bits per heavy atom. The molecule has 4 N–H and O–H groups in total. The van der Waals surface area contributed by atoms with Gasteiger partial charge in [0.25, 0.3) is 0 Å². The normalized spacial score (nSPS) is 11.0. The first kappa shape index (κ1) is 9.02. The number of imidazole rings is 1. The molecule has 74 valence electrons. The molecule has 0 aliphatic heterocycles. The van der Waals surface area contributed by atoms with Crippen LogP contribution in [-0.2, 0) is 13.1 Å². The fourth-order valence-corrected chi connectivity index (χ4v) is 1.71. The standard InChI is InChI=1S/C10H14N4/c1-2-14-9-4-3-7(12)5-8(9)13-10(14)6-11/h3-5H,2,6,11-12H2,1H3. The van der Waals surface area contributed by atoms with E-state index in [9.17, 15) is 0 Å². The van der Waals surface area contributed by atoms with Gasteiger partial charge >= 0.3 is 0 Å². The summed E-state index contributed by atoms with van der Waals surface area (Å²) in [5.41, 5.74) is 14.1. The Balaban J connectivity index is 2.73. The molecule has 1 aromatic carbocycles. The van der Waals surface area contributed by atoms with E-state index in [-0.39, 0.29) is 0 Å². The van der Waals surface area contributed by atoms with Crippen LogP contribution in [0.1, 0.15) is 12.7 Å². The Hall–Kier alpha value is -1.55. The number of hydrogen-bond donors (Lipinski definition) is 2. The number of anilines is 1. The zero-order valence-corrected chi connectivity index (χ0v) is 8.20. The molecular weight excluding hydrogens is 176 g/mol. The molecule has 0 unspecified atom stereocenters. The molecule has 4 heteroatoms. The van der Waals surface area contributed by atoms with Crippen LogP contribution in [0, 0.1) is 0 Å². The molecule has 0 saturated carbocycles. The lowest BCUT2D eigenvalue weighted by molar-refractivity contribution is 0.718. The second kappa shape index (κ2) is 3.31. The second-order valence-corrected chi connectivity index (χ2v) is 3.22. The Kier molecular flexibility index (Phi) is 2.13. The van der Waals surface area contributed by atoms with Crippen LogP contribution in [0.2, 0.25) is 0 Å². The summed E-state index contributed by atoms with van der Waals surface area (Å²) in [7, 11) is 0. The number of rotatable bonds is 2. The van der Waals surface area contributed by atoms with Crippen molar-refractivity contribution in [3.8, 4) is 0 Å². The van der Waals surface area contributed by atoms with E-state index in [0.29, 0.717) is 6.54 Å². The van der Waals surface area contributed by atoms with Crippen molar-refractivity contribution < 1.29 is 0 Å². The summed E-state index contributed by atoms with van der Waals surface area (Å²) >= 11 is 0. The number of fused-ring (bicyclic) bond motifs is 1. The molecule has 0 spiro atoms. The van der Waals surface area contributed by atoms with Gasteiger partial charge in [0.1, 0.15) is 5.82 Å². The maximum absolute atomic E-state index is 5.69. The number of nitrogen functional groups attached to an aromatic ring is 1. The Bertz CT molecular complexity index is 458. The fraction of sp³-hybridized carbons (Fsp3) is 0.300. The van der Waals surface area contributed by atoms with Gasteiger partial charge in [-0.15, -0.1) is 0 Å². The van der Waals surface area contributed by atoms with Crippen molar-refractivity contribution in [2.45, 2.75) is 20.0 Å². The molecule has 2 aromatic rings. The van der Waals surface area contributed by atoms with Gasteiger partial charge in [0.15, 0.2) is 0 Å². The van der Waals surface area contributed by atoms with E-state index in [1.165, 1.54) is 0 Å². The number of aryl methyl sites for hydroxylation is 1. The number of nitrogens with two attached hydrogens (primary N) is 2. The van der Waals surface area contributed by atoms with Gasteiger partial charge in [0.2, 0.25) is 0 Å². The lowest BCUT2D eigenvalue weighted by atomic mass is 10.3. The highest BCUT2D eigenvalue weighted by molar-refractivity contribution is 5.79. The van der Waals surface area contributed by atoms with Crippen LogP contribution in [0.3, 0.4) is 0 Å². The molecule has 0 atom stereocenters. The first-order valence-electron chi connectivity index (χ1n) is 4.71. The smallest absolute Gasteiger partial charge is 0.123 e. The maximum atomic E-state index is 5.69. The van der Waals surface area contributed by atoms with E-state index >= 15 is 0 Å². The molecule has 0 amide bonds. The lowest BCUT2D eigenvalue weighted by Gasteiger charge is -2.02. The van der Waals surface area contributed by atoms with Crippen molar-refractivity contribution in [1.82, 2.24) is 9.55 Å². The molecule has 0 radical (unpaired) electrons. The number of aromatic nitrogens is 2. The van der Waals surface area contributed by atoms with Crippen LogP contribution in [-0.4, -0.2) is 9.55 Å². The summed E-state index contributed by atoms with van der Waals surface area (Å²) in [6, 6.07) is 5.75. The van der Waals surface area contributed by atoms with Gasteiger partial charge in [0, 0.05) is 12.2 Å².